The van der Waals surface area contributed by atoms with E-state index >= 15 is 0 Å². The molecule has 0 atom stereocenters. The van der Waals surface area contributed by atoms with Crippen LogP contribution in [0.1, 0.15) is 31.2 Å². The number of hydrogen-bond donors (Lipinski definition) is 0. The SMILES string of the molecule is COc1ccc(/C=N\n2c(C(C)C)nc3c(Br)cc(Br)cc3c2=O)cc1. The standard InChI is InChI=1S/C19H17Br2N3O2/c1-11(2)18-23-17-15(8-13(20)9-16(17)21)19(25)24(18)22-10-12-4-6-14(26-3)7-5-12/h4-11H,1-3H3/b22-10-. The number of fused-ring (bicyclic) bond motifs is 1. The maximum absolute atomic E-state index is 13.0. The summed E-state index contributed by atoms with van der Waals surface area (Å²) in [5.41, 5.74) is 1.30. The molecule has 0 fully saturated rings. The number of methoxy groups -OCH3 is 1. The van der Waals surface area contributed by atoms with E-state index in [1.54, 1.807) is 19.4 Å². The number of ether oxygens (including phenoxy) is 1. The molecule has 26 heavy (non-hydrogen) atoms. The minimum Gasteiger partial charge on any atom is -0.497 e. The third-order valence-corrected chi connectivity index (χ3v) is 4.91. The Morgan fingerprint density at radius 1 is 1.19 bits per heavy atom. The quantitative estimate of drug-likeness (QED) is 0.499. The Bertz CT molecular complexity index is 1040. The molecule has 0 saturated heterocycles. The van der Waals surface area contributed by atoms with E-state index in [0.29, 0.717) is 16.7 Å². The Hall–Kier alpha value is -1.99. The monoisotopic (exact) mass is 477 g/mol. The van der Waals surface area contributed by atoms with Crippen LogP contribution in [0.5, 0.6) is 5.75 Å². The van der Waals surface area contributed by atoms with Gasteiger partial charge in [-0.2, -0.15) is 9.78 Å². The van der Waals surface area contributed by atoms with E-state index in [0.717, 1.165) is 20.3 Å². The topological polar surface area (TPSA) is 56.5 Å². The highest BCUT2D eigenvalue weighted by Gasteiger charge is 2.15. The maximum Gasteiger partial charge on any atom is 0.282 e. The molecule has 1 aromatic heterocycles. The average Bonchev–Trinajstić information content (AvgIpc) is 2.61. The van der Waals surface area contributed by atoms with Gasteiger partial charge < -0.3 is 4.74 Å². The highest BCUT2D eigenvalue weighted by atomic mass is 79.9. The summed E-state index contributed by atoms with van der Waals surface area (Å²) in [6, 6.07) is 11.1. The van der Waals surface area contributed by atoms with Gasteiger partial charge in [0.15, 0.2) is 0 Å². The first-order valence-electron chi connectivity index (χ1n) is 8.01. The van der Waals surface area contributed by atoms with Crippen molar-refractivity contribution in [1.82, 2.24) is 9.66 Å². The van der Waals surface area contributed by atoms with Crippen LogP contribution in [0.4, 0.5) is 0 Å². The Labute approximate surface area is 168 Å². The molecule has 3 aromatic rings. The van der Waals surface area contributed by atoms with E-state index in [-0.39, 0.29) is 11.5 Å². The molecule has 0 bridgehead atoms. The van der Waals surface area contributed by atoms with Gasteiger partial charge >= 0.3 is 0 Å². The first-order valence-corrected chi connectivity index (χ1v) is 9.59. The van der Waals surface area contributed by atoms with Crippen LogP contribution < -0.4 is 10.3 Å². The van der Waals surface area contributed by atoms with Gasteiger partial charge in [0.25, 0.3) is 5.56 Å². The first-order chi connectivity index (χ1) is 12.4. The lowest BCUT2D eigenvalue weighted by atomic mass is 10.2. The largest absolute Gasteiger partial charge is 0.497 e. The summed E-state index contributed by atoms with van der Waals surface area (Å²) in [6.45, 7) is 3.97. The van der Waals surface area contributed by atoms with Crippen molar-refractivity contribution in [3.05, 3.63) is 67.1 Å². The molecule has 3 rings (SSSR count). The number of benzene rings is 2. The van der Waals surface area contributed by atoms with E-state index in [4.69, 9.17) is 4.74 Å². The summed E-state index contributed by atoms with van der Waals surface area (Å²) in [5, 5.41) is 4.91. The molecular formula is C19H17Br2N3O2. The van der Waals surface area contributed by atoms with Gasteiger partial charge in [-0.3, -0.25) is 4.79 Å². The van der Waals surface area contributed by atoms with Crippen molar-refractivity contribution in [2.24, 2.45) is 5.10 Å². The summed E-state index contributed by atoms with van der Waals surface area (Å²) in [4.78, 5) is 17.7. The van der Waals surface area contributed by atoms with E-state index in [2.05, 4.69) is 41.9 Å². The fourth-order valence-corrected chi connectivity index (χ4v) is 3.84. The highest BCUT2D eigenvalue weighted by molar-refractivity contribution is 9.11. The van der Waals surface area contributed by atoms with Gasteiger partial charge in [0.2, 0.25) is 0 Å². The lowest BCUT2D eigenvalue weighted by molar-refractivity contribution is 0.415. The molecular weight excluding hydrogens is 462 g/mol. The van der Waals surface area contributed by atoms with Gasteiger partial charge in [0.1, 0.15) is 11.6 Å². The number of hydrogen-bond acceptors (Lipinski definition) is 4. The molecule has 0 aliphatic rings. The molecule has 0 aliphatic heterocycles. The van der Waals surface area contributed by atoms with Crippen LogP contribution in [-0.2, 0) is 0 Å². The predicted molar refractivity (Wildman–Crippen MR) is 111 cm³/mol. The van der Waals surface area contributed by atoms with Crippen LogP contribution >= 0.6 is 31.9 Å². The summed E-state index contributed by atoms with van der Waals surface area (Å²) in [7, 11) is 1.62. The van der Waals surface area contributed by atoms with Crippen molar-refractivity contribution < 1.29 is 4.74 Å². The molecule has 1 heterocycles. The number of halogens is 2. The zero-order chi connectivity index (χ0) is 18.8. The van der Waals surface area contributed by atoms with Gasteiger partial charge in [-0.15, -0.1) is 0 Å². The second kappa shape index (κ2) is 7.72. The van der Waals surface area contributed by atoms with Crippen LogP contribution in [0.25, 0.3) is 10.9 Å². The summed E-state index contributed by atoms with van der Waals surface area (Å²) in [6.07, 6.45) is 1.65. The average molecular weight is 479 g/mol. The fourth-order valence-electron chi connectivity index (χ4n) is 2.52. The third kappa shape index (κ3) is 3.73. The summed E-state index contributed by atoms with van der Waals surface area (Å²) < 4.78 is 8.10. The number of rotatable bonds is 4. The van der Waals surface area contributed by atoms with Crippen LogP contribution in [0.15, 0.2) is 55.2 Å². The van der Waals surface area contributed by atoms with Crippen LogP contribution in [-0.4, -0.2) is 23.0 Å². The van der Waals surface area contributed by atoms with Crippen LogP contribution in [0.2, 0.25) is 0 Å². The molecule has 0 radical (unpaired) electrons. The second-order valence-electron chi connectivity index (χ2n) is 6.04. The first kappa shape index (κ1) is 18.8. The van der Waals surface area contributed by atoms with Gasteiger partial charge in [-0.05, 0) is 57.9 Å². The van der Waals surface area contributed by atoms with Crippen molar-refractivity contribution >= 4 is 49.0 Å². The maximum atomic E-state index is 13.0. The van der Waals surface area contributed by atoms with Crippen molar-refractivity contribution in [1.29, 1.82) is 0 Å². The lowest BCUT2D eigenvalue weighted by Crippen LogP contribution is -2.23. The Balaban J connectivity index is 2.16. The summed E-state index contributed by atoms with van der Waals surface area (Å²) in [5.74, 6) is 1.41. The molecule has 2 aromatic carbocycles. The minimum atomic E-state index is -0.203. The zero-order valence-corrected chi connectivity index (χ0v) is 17.7. The van der Waals surface area contributed by atoms with E-state index < -0.39 is 0 Å². The molecule has 7 heteroatoms. The molecule has 0 N–H and O–H groups in total. The zero-order valence-electron chi connectivity index (χ0n) is 14.5. The van der Waals surface area contributed by atoms with Crippen molar-refractivity contribution in [2.75, 3.05) is 7.11 Å². The third-order valence-electron chi connectivity index (χ3n) is 3.85. The molecule has 0 amide bonds. The Kier molecular flexibility index (Phi) is 5.58. The minimum absolute atomic E-state index is 0.0377. The molecule has 0 unspecified atom stereocenters. The van der Waals surface area contributed by atoms with Gasteiger partial charge in [-0.25, -0.2) is 4.98 Å². The number of aromatic nitrogens is 2. The Morgan fingerprint density at radius 2 is 1.88 bits per heavy atom. The van der Waals surface area contributed by atoms with Crippen molar-refractivity contribution in [3.8, 4) is 5.75 Å². The normalized spacial score (nSPS) is 11.6. The van der Waals surface area contributed by atoms with E-state index in [1.165, 1.54) is 4.68 Å². The second-order valence-corrected chi connectivity index (χ2v) is 7.81. The molecule has 0 aliphatic carbocycles. The lowest BCUT2D eigenvalue weighted by Gasteiger charge is -2.12. The smallest absolute Gasteiger partial charge is 0.282 e. The number of nitrogens with zero attached hydrogens (tertiary/aromatic N) is 3. The molecule has 0 saturated carbocycles. The van der Waals surface area contributed by atoms with Crippen molar-refractivity contribution in [3.63, 3.8) is 0 Å². The predicted octanol–water partition coefficient (Wildman–Crippen LogP) is 4.94. The fraction of sp³-hybridized carbons (Fsp3) is 0.211. The molecule has 5 nitrogen and oxygen atoms in total. The van der Waals surface area contributed by atoms with Gasteiger partial charge in [0, 0.05) is 14.9 Å². The summed E-state index contributed by atoms with van der Waals surface area (Å²) >= 11 is 6.91. The van der Waals surface area contributed by atoms with Crippen molar-refractivity contribution in [2.45, 2.75) is 19.8 Å². The van der Waals surface area contributed by atoms with Gasteiger partial charge in [0.05, 0.1) is 24.2 Å². The van der Waals surface area contributed by atoms with Gasteiger partial charge in [-0.1, -0.05) is 29.8 Å². The molecule has 0 spiro atoms. The van der Waals surface area contributed by atoms with E-state index in [1.807, 2.05) is 44.2 Å². The van der Waals surface area contributed by atoms with Crippen LogP contribution in [0, 0.1) is 0 Å². The van der Waals surface area contributed by atoms with Crippen LogP contribution in [0.3, 0.4) is 0 Å². The van der Waals surface area contributed by atoms with E-state index in [9.17, 15) is 4.79 Å². The highest BCUT2D eigenvalue weighted by Crippen LogP contribution is 2.26. The Morgan fingerprint density at radius 3 is 2.50 bits per heavy atom. The molecule has 134 valence electrons.